The molecule has 2 fully saturated rings. The highest BCUT2D eigenvalue weighted by Gasteiger charge is 2.52. The van der Waals surface area contributed by atoms with E-state index in [1.165, 1.54) is 31.5 Å². The quantitative estimate of drug-likeness (QED) is 0.569. The molecule has 1 heterocycles. The number of ether oxygens (including phenoxy) is 1. The number of thioether (sulfide) groups is 2. The SMILES string of the molecule is COC(=O)[C@@H]1[C@H](C2SCCCS2)[C@@H]2C=C[C@H]1C2. The first-order valence-corrected chi connectivity index (χ1v) is 8.40. The van der Waals surface area contributed by atoms with Crippen LogP contribution in [0.3, 0.4) is 0 Å². The summed E-state index contributed by atoms with van der Waals surface area (Å²) in [6.07, 6.45) is 7.05. The van der Waals surface area contributed by atoms with E-state index in [4.69, 9.17) is 4.74 Å². The molecule has 4 heteroatoms. The van der Waals surface area contributed by atoms with Crippen molar-refractivity contribution in [1.29, 1.82) is 0 Å². The second-order valence-corrected chi connectivity index (χ2v) is 7.84. The first-order chi connectivity index (χ1) is 8.31. The molecule has 1 aliphatic heterocycles. The van der Waals surface area contributed by atoms with E-state index in [0.717, 1.165) is 0 Å². The molecule has 0 aromatic carbocycles. The molecule has 0 aromatic rings. The van der Waals surface area contributed by atoms with Gasteiger partial charge in [0.05, 0.1) is 17.6 Å². The van der Waals surface area contributed by atoms with Crippen LogP contribution in [-0.2, 0) is 9.53 Å². The Morgan fingerprint density at radius 2 is 1.94 bits per heavy atom. The van der Waals surface area contributed by atoms with Crippen LogP contribution in [0.4, 0.5) is 0 Å². The standard InChI is InChI=1S/C13H18O2S2/c1-15-12(14)10-8-3-4-9(7-8)11(10)13-16-5-2-6-17-13/h3-4,8-11,13H,2,5-7H2,1H3/t8-,9+,10-,11+/m0/s1. The third kappa shape index (κ3) is 2.03. The molecular weight excluding hydrogens is 252 g/mol. The summed E-state index contributed by atoms with van der Waals surface area (Å²) >= 11 is 4.11. The first kappa shape index (κ1) is 12.0. The van der Waals surface area contributed by atoms with Gasteiger partial charge >= 0.3 is 5.97 Å². The van der Waals surface area contributed by atoms with Gasteiger partial charge in [-0.25, -0.2) is 0 Å². The van der Waals surface area contributed by atoms with Crippen LogP contribution in [0.2, 0.25) is 0 Å². The molecule has 0 N–H and O–H groups in total. The molecule has 94 valence electrons. The summed E-state index contributed by atoms with van der Waals surface area (Å²) in [7, 11) is 1.52. The molecule has 1 saturated carbocycles. The number of fused-ring (bicyclic) bond motifs is 2. The second kappa shape index (κ2) is 4.88. The van der Waals surface area contributed by atoms with Crippen LogP contribution < -0.4 is 0 Å². The molecule has 3 aliphatic rings. The highest BCUT2D eigenvalue weighted by atomic mass is 32.2. The van der Waals surface area contributed by atoms with Gasteiger partial charge in [-0.15, -0.1) is 23.5 Å². The maximum absolute atomic E-state index is 12.0. The van der Waals surface area contributed by atoms with Crippen molar-refractivity contribution in [3.63, 3.8) is 0 Å². The summed E-state index contributed by atoms with van der Waals surface area (Å²) in [5.41, 5.74) is 0. The van der Waals surface area contributed by atoms with Gasteiger partial charge in [0.2, 0.25) is 0 Å². The number of carbonyl (C=O) groups is 1. The van der Waals surface area contributed by atoms with Crippen LogP contribution in [0.5, 0.6) is 0 Å². The highest BCUT2D eigenvalue weighted by molar-refractivity contribution is 8.17. The number of methoxy groups -OCH3 is 1. The number of esters is 1. The van der Waals surface area contributed by atoms with Crippen LogP contribution in [0.25, 0.3) is 0 Å². The number of hydrogen-bond donors (Lipinski definition) is 0. The van der Waals surface area contributed by atoms with Crippen molar-refractivity contribution in [3.8, 4) is 0 Å². The van der Waals surface area contributed by atoms with Gasteiger partial charge in [0.15, 0.2) is 0 Å². The van der Waals surface area contributed by atoms with E-state index < -0.39 is 0 Å². The largest absolute Gasteiger partial charge is 0.469 e. The Hall–Kier alpha value is -0.0900. The summed E-state index contributed by atoms with van der Waals surface area (Å²) in [4.78, 5) is 12.0. The summed E-state index contributed by atoms with van der Waals surface area (Å²) in [5.74, 6) is 4.21. The molecule has 2 bridgehead atoms. The molecule has 17 heavy (non-hydrogen) atoms. The zero-order valence-corrected chi connectivity index (χ0v) is 11.6. The van der Waals surface area contributed by atoms with Gasteiger partial charge in [-0.2, -0.15) is 0 Å². The second-order valence-electron chi connectivity index (χ2n) is 5.04. The number of carbonyl (C=O) groups excluding carboxylic acids is 1. The minimum Gasteiger partial charge on any atom is -0.469 e. The van der Waals surface area contributed by atoms with Gasteiger partial charge in [0.1, 0.15) is 0 Å². The maximum atomic E-state index is 12.0. The predicted molar refractivity (Wildman–Crippen MR) is 73.1 cm³/mol. The summed E-state index contributed by atoms with van der Waals surface area (Å²) in [6.45, 7) is 0. The topological polar surface area (TPSA) is 26.3 Å². The Morgan fingerprint density at radius 3 is 2.65 bits per heavy atom. The molecule has 1 saturated heterocycles. The van der Waals surface area contributed by atoms with Gasteiger partial charge in [-0.3, -0.25) is 4.79 Å². The lowest BCUT2D eigenvalue weighted by atomic mass is 9.84. The predicted octanol–water partition coefficient (Wildman–Crippen LogP) is 2.79. The monoisotopic (exact) mass is 270 g/mol. The van der Waals surface area contributed by atoms with Crippen molar-refractivity contribution in [2.24, 2.45) is 23.7 Å². The molecule has 0 spiro atoms. The van der Waals surface area contributed by atoms with Gasteiger partial charge < -0.3 is 4.74 Å². The van der Waals surface area contributed by atoms with E-state index >= 15 is 0 Å². The fraction of sp³-hybridized carbons (Fsp3) is 0.769. The fourth-order valence-corrected chi connectivity index (χ4v) is 6.85. The third-order valence-corrected chi connectivity index (χ3v) is 7.31. The summed E-state index contributed by atoms with van der Waals surface area (Å²) in [6, 6.07) is 0. The van der Waals surface area contributed by atoms with Crippen LogP contribution in [-0.4, -0.2) is 29.2 Å². The van der Waals surface area contributed by atoms with E-state index in [1.54, 1.807) is 0 Å². The zero-order chi connectivity index (χ0) is 11.8. The number of allylic oxidation sites excluding steroid dienone is 2. The zero-order valence-electron chi connectivity index (χ0n) is 10.0. The molecule has 2 nitrogen and oxygen atoms in total. The molecule has 0 unspecified atom stereocenters. The lowest BCUT2D eigenvalue weighted by molar-refractivity contribution is -0.147. The van der Waals surface area contributed by atoms with Crippen LogP contribution in [0.1, 0.15) is 12.8 Å². The Bertz CT molecular complexity index is 336. The third-order valence-electron chi connectivity index (χ3n) is 4.16. The molecule has 4 atom stereocenters. The van der Waals surface area contributed by atoms with E-state index in [-0.39, 0.29) is 11.9 Å². The van der Waals surface area contributed by atoms with Gasteiger partial charge in [0.25, 0.3) is 0 Å². The van der Waals surface area contributed by atoms with Gasteiger partial charge in [0, 0.05) is 5.92 Å². The summed E-state index contributed by atoms with van der Waals surface area (Å²) < 4.78 is 5.62. The average molecular weight is 270 g/mol. The Morgan fingerprint density at radius 1 is 1.24 bits per heavy atom. The van der Waals surface area contributed by atoms with Crippen molar-refractivity contribution in [2.75, 3.05) is 18.6 Å². The van der Waals surface area contributed by atoms with Crippen molar-refractivity contribution in [2.45, 2.75) is 17.4 Å². The van der Waals surface area contributed by atoms with Crippen LogP contribution in [0, 0.1) is 23.7 Å². The average Bonchev–Trinajstić information content (AvgIpc) is 2.99. The molecule has 0 radical (unpaired) electrons. The molecule has 3 rings (SSSR count). The number of hydrogen-bond acceptors (Lipinski definition) is 4. The normalized spacial score (nSPS) is 40.8. The number of rotatable bonds is 2. The maximum Gasteiger partial charge on any atom is 0.309 e. The van der Waals surface area contributed by atoms with E-state index in [0.29, 0.717) is 22.3 Å². The Balaban J connectivity index is 1.80. The van der Waals surface area contributed by atoms with Crippen molar-refractivity contribution >= 4 is 29.5 Å². The molecule has 0 amide bonds. The van der Waals surface area contributed by atoms with E-state index in [9.17, 15) is 4.79 Å². The fourth-order valence-electron chi connectivity index (χ4n) is 3.43. The Kier molecular flexibility index (Phi) is 3.44. The first-order valence-electron chi connectivity index (χ1n) is 6.30. The van der Waals surface area contributed by atoms with Crippen molar-refractivity contribution < 1.29 is 9.53 Å². The smallest absolute Gasteiger partial charge is 0.309 e. The van der Waals surface area contributed by atoms with Gasteiger partial charge in [-0.05, 0) is 36.2 Å². The Labute approximate surface area is 111 Å². The molecule has 2 aliphatic carbocycles. The van der Waals surface area contributed by atoms with E-state index in [1.807, 2.05) is 0 Å². The van der Waals surface area contributed by atoms with Crippen molar-refractivity contribution in [1.82, 2.24) is 0 Å². The summed E-state index contributed by atoms with van der Waals surface area (Å²) in [5, 5.41) is 0. The molecule has 0 aromatic heterocycles. The van der Waals surface area contributed by atoms with Crippen molar-refractivity contribution in [3.05, 3.63) is 12.2 Å². The van der Waals surface area contributed by atoms with Gasteiger partial charge in [-0.1, -0.05) is 12.2 Å². The lowest BCUT2D eigenvalue weighted by Gasteiger charge is -2.34. The minimum absolute atomic E-state index is 0.0126. The lowest BCUT2D eigenvalue weighted by Crippen LogP contribution is -2.35. The van der Waals surface area contributed by atoms with E-state index in [2.05, 4.69) is 35.7 Å². The highest BCUT2D eigenvalue weighted by Crippen LogP contribution is 2.55. The van der Waals surface area contributed by atoms with Crippen LogP contribution >= 0.6 is 23.5 Å². The van der Waals surface area contributed by atoms with Crippen LogP contribution in [0.15, 0.2) is 12.2 Å². The molecular formula is C13H18O2S2. The minimum atomic E-state index is 0.0126.